The summed E-state index contributed by atoms with van der Waals surface area (Å²) in [5.74, 6) is -0.276. The van der Waals surface area contributed by atoms with E-state index in [0.29, 0.717) is 22.3 Å². The number of carbonyl (C=O) groups is 2. The van der Waals surface area contributed by atoms with Gasteiger partial charge in [0.15, 0.2) is 0 Å². The highest BCUT2D eigenvalue weighted by molar-refractivity contribution is 6.42. The Morgan fingerprint density at radius 1 is 1.12 bits per heavy atom. The Hall–Kier alpha value is -2.30. The number of hydrogen-bond donors (Lipinski definition) is 1. The number of amides is 2. The fourth-order valence-corrected chi connectivity index (χ4v) is 2.41. The highest BCUT2D eigenvalue weighted by atomic mass is 35.5. The van der Waals surface area contributed by atoms with Gasteiger partial charge in [0.05, 0.1) is 10.0 Å². The molecule has 2 aromatic carbocycles. The molecule has 0 bridgehead atoms. The van der Waals surface area contributed by atoms with Crippen LogP contribution in [0.25, 0.3) is 6.08 Å². The van der Waals surface area contributed by atoms with E-state index >= 15 is 0 Å². The maximum Gasteiger partial charge on any atom is 0.248 e. The van der Waals surface area contributed by atoms with E-state index in [1.54, 1.807) is 42.3 Å². The van der Waals surface area contributed by atoms with E-state index in [1.807, 2.05) is 18.2 Å². The van der Waals surface area contributed by atoms with E-state index < -0.39 is 0 Å². The number of anilines is 1. The highest BCUT2D eigenvalue weighted by Gasteiger charge is 2.05. The van der Waals surface area contributed by atoms with Crippen LogP contribution in [0, 0.1) is 0 Å². The Morgan fingerprint density at radius 3 is 2.56 bits per heavy atom. The van der Waals surface area contributed by atoms with E-state index in [4.69, 9.17) is 23.2 Å². The summed E-state index contributed by atoms with van der Waals surface area (Å²) in [5, 5.41) is 3.70. The molecule has 25 heavy (non-hydrogen) atoms. The van der Waals surface area contributed by atoms with Gasteiger partial charge in [-0.3, -0.25) is 9.59 Å². The molecule has 0 unspecified atom stereocenters. The van der Waals surface area contributed by atoms with Crippen molar-refractivity contribution in [1.82, 2.24) is 4.90 Å². The summed E-state index contributed by atoms with van der Waals surface area (Å²) in [6, 6.07) is 12.5. The van der Waals surface area contributed by atoms with E-state index in [-0.39, 0.29) is 11.8 Å². The third kappa shape index (κ3) is 5.93. The van der Waals surface area contributed by atoms with Gasteiger partial charge in [-0.05, 0) is 41.5 Å². The molecule has 0 spiro atoms. The lowest BCUT2D eigenvalue weighted by Gasteiger charge is -2.15. The zero-order valence-corrected chi connectivity index (χ0v) is 15.4. The van der Waals surface area contributed by atoms with Gasteiger partial charge in [-0.15, -0.1) is 0 Å². The van der Waals surface area contributed by atoms with Crippen molar-refractivity contribution >= 4 is 46.8 Å². The molecule has 2 amide bonds. The van der Waals surface area contributed by atoms with Crippen LogP contribution in [0.15, 0.2) is 48.5 Å². The lowest BCUT2D eigenvalue weighted by molar-refractivity contribution is -0.128. The van der Waals surface area contributed by atoms with Gasteiger partial charge in [0.2, 0.25) is 11.8 Å². The molecule has 0 aliphatic heterocycles. The molecule has 0 aliphatic rings. The summed E-state index contributed by atoms with van der Waals surface area (Å²) in [7, 11) is 1.73. The zero-order valence-electron chi connectivity index (χ0n) is 13.9. The van der Waals surface area contributed by atoms with Gasteiger partial charge in [0.25, 0.3) is 0 Å². The molecule has 0 atom stereocenters. The van der Waals surface area contributed by atoms with Crippen LogP contribution in [0.2, 0.25) is 10.0 Å². The number of halogens is 2. The minimum atomic E-state index is -0.261. The Morgan fingerprint density at radius 2 is 1.88 bits per heavy atom. The van der Waals surface area contributed by atoms with Crippen LogP contribution >= 0.6 is 23.2 Å². The molecule has 0 radical (unpaired) electrons. The number of benzene rings is 2. The zero-order chi connectivity index (χ0) is 18.4. The smallest absolute Gasteiger partial charge is 0.248 e. The fourth-order valence-electron chi connectivity index (χ4n) is 2.10. The molecule has 2 rings (SSSR count). The molecule has 0 saturated heterocycles. The molecular formula is C19H18Cl2N2O2. The molecule has 0 aliphatic carbocycles. The maximum atomic E-state index is 12.1. The molecule has 4 nitrogen and oxygen atoms in total. The molecule has 1 N–H and O–H groups in total. The van der Waals surface area contributed by atoms with Gasteiger partial charge in [-0.2, -0.15) is 0 Å². The van der Waals surface area contributed by atoms with Crippen LogP contribution in [-0.4, -0.2) is 23.8 Å². The van der Waals surface area contributed by atoms with Crippen LogP contribution in [-0.2, 0) is 16.1 Å². The molecular weight excluding hydrogens is 359 g/mol. The van der Waals surface area contributed by atoms with Crippen molar-refractivity contribution in [2.24, 2.45) is 0 Å². The Kier molecular flexibility index (Phi) is 6.62. The topological polar surface area (TPSA) is 49.4 Å². The van der Waals surface area contributed by atoms with Gasteiger partial charge in [-0.25, -0.2) is 0 Å². The monoisotopic (exact) mass is 376 g/mol. The van der Waals surface area contributed by atoms with Crippen molar-refractivity contribution in [3.05, 3.63) is 69.7 Å². The third-order valence-corrected chi connectivity index (χ3v) is 4.26. The summed E-state index contributed by atoms with van der Waals surface area (Å²) in [4.78, 5) is 25.0. The minimum absolute atomic E-state index is 0.0148. The van der Waals surface area contributed by atoms with Gasteiger partial charge >= 0.3 is 0 Å². The van der Waals surface area contributed by atoms with Crippen molar-refractivity contribution in [3.63, 3.8) is 0 Å². The summed E-state index contributed by atoms with van der Waals surface area (Å²) in [5.41, 5.74) is 2.38. The second kappa shape index (κ2) is 8.70. The van der Waals surface area contributed by atoms with E-state index in [2.05, 4.69) is 5.32 Å². The third-order valence-electron chi connectivity index (χ3n) is 3.52. The molecule has 0 heterocycles. The SMILES string of the molecule is CC(=O)N(C)Cc1cccc(NC(=O)/C=C/c2ccc(Cl)c(Cl)c2)c1. The molecule has 0 saturated carbocycles. The number of nitrogens with zero attached hydrogens (tertiary/aromatic N) is 1. The van der Waals surface area contributed by atoms with E-state index in [0.717, 1.165) is 11.1 Å². The Balaban J connectivity index is 2.01. The molecule has 130 valence electrons. The van der Waals surface area contributed by atoms with Crippen molar-refractivity contribution in [2.45, 2.75) is 13.5 Å². The van der Waals surface area contributed by atoms with Crippen molar-refractivity contribution in [2.75, 3.05) is 12.4 Å². The fraction of sp³-hybridized carbons (Fsp3) is 0.158. The van der Waals surface area contributed by atoms with Gasteiger partial charge in [-0.1, -0.05) is 41.4 Å². The van der Waals surface area contributed by atoms with Crippen molar-refractivity contribution < 1.29 is 9.59 Å². The summed E-state index contributed by atoms with van der Waals surface area (Å²) in [6.45, 7) is 2.00. The second-order valence-electron chi connectivity index (χ2n) is 5.57. The largest absolute Gasteiger partial charge is 0.342 e. The van der Waals surface area contributed by atoms with Crippen molar-refractivity contribution in [3.8, 4) is 0 Å². The second-order valence-corrected chi connectivity index (χ2v) is 6.39. The quantitative estimate of drug-likeness (QED) is 0.773. The molecule has 0 fully saturated rings. The molecule has 0 aromatic heterocycles. The minimum Gasteiger partial charge on any atom is -0.342 e. The number of carbonyl (C=O) groups excluding carboxylic acids is 2. The van der Waals surface area contributed by atoms with Crippen LogP contribution in [0.4, 0.5) is 5.69 Å². The Bertz CT molecular complexity index is 819. The first-order chi connectivity index (χ1) is 11.8. The van der Waals surface area contributed by atoms with Crippen LogP contribution in [0.1, 0.15) is 18.1 Å². The standard InChI is InChI=1S/C19H18Cl2N2O2/c1-13(24)23(2)12-15-4-3-5-16(10-15)22-19(25)9-7-14-6-8-17(20)18(21)11-14/h3-11H,12H2,1-2H3,(H,22,25)/b9-7+. The maximum absolute atomic E-state index is 12.1. The molecule has 6 heteroatoms. The van der Waals surface area contributed by atoms with E-state index in [1.165, 1.54) is 13.0 Å². The number of hydrogen-bond acceptors (Lipinski definition) is 2. The molecule has 2 aromatic rings. The number of nitrogens with one attached hydrogen (secondary N) is 1. The predicted molar refractivity (Wildman–Crippen MR) is 103 cm³/mol. The van der Waals surface area contributed by atoms with Gasteiger partial charge in [0, 0.05) is 32.3 Å². The lowest BCUT2D eigenvalue weighted by Crippen LogP contribution is -2.23. The predicted octanol–water partition coefficient (Wildman–Crippen LogP) is 4.62. The lowest BCUT2D eigenvalue weighted by atomic mass is 10.2. The highest BCUT2D eigenvalue weighted by Crippen LogP contribution is 2.23. The van der Waals surface area contributed by atoms with Crippen molar-refractivity contribution in [1.29, 1.82) is 0 Å². The van der Waals surface area contributed by atoms with Crippen LogP contribution < -0.4 is 5.32 Å². The average Bonchev–Trinajstić information content (AvgIpc) is 2.56. The van der Waals surface area contributed by atoms with Gasteiger partial charge < -0.3 is 10.2 Å². The average molecular weight is 377 g/mol. The summed E-state index contributed by atoms with van der Waals surface area (Å²) < 4.78 is 0. The van der Waals surface area contributed by atoms with E-state index in [9.17, 15) is 9.59 Å². The summed E-state index contributed by atoms with van der Waals surface area (Å²) in [6.07, 6.45) is 3.08. The van der Waals surface area contributed by atoms with Crippen LogP contribution in [0.5, 0.6) is 0 Å². The first kappa shape index (κ1) is 19.0. The summed E-state index contributed by atoms with van der Waals surface area (Å²) >= 11 is 11.8. The van der Waals surface area contributed by atoms with Crippen LogP contribution in [0.3, 0.4) is 0 Å². The number of rotatable bonds is 5. The Labute approximate surface area is 157 Å². The van der Waals surface area contributed by atoms with Gasteiger partial charge in [0.1, 0.15) is 0 Å². The first-order valence-electron chi connectivity index (χ1n) is 7.60. The first-order valence-corrected chi connectivity index (χ1v) is 8.35. The normalized spacial score (nSPS) is 10.7.